The van der Waals surface area contributed by atoms with Crippen LogP contribution in [0.25, 0.3) is 0 Å². The Labute approximate surface area is 48.8 Å². The predicted octanol–water partition coefficient (Wildman–Crippen LogP) is -0.535. The van der Waals surface area contributed by atoms with Crippen molar-refractivity contribution in [1.29, 1.82) is 0 Å². The second kappa shape index (κ2) is 6.17. The summed E-state index contributed by atoms with van der Waals surface area (Å²) in [5, 5.41) is 6.08. The molecule has 0 aromatic carbocycles. The normalized spacial score (nSPS) is 15.5. The number of carbonyl (C=O) groups excluding carboxylic acids is 1. The molecule has 2 N–H and O–H groups in total. The number of hydrogen-bond donors (Lipinski definition) is 2. The number of hydrogen-bond acceptors (Lipinski definition) is 3. The molecule has 46 valence electrons. The summed E-state index contributed by atoms with van der Waals surface area (Å²) in [6, 6.07) is 0. The van der Waals surface area contributed by atoms with Crippen molar-refractivity contribution in [2.45, 2.75) is 0 Å². The molecule has 1 aliphatic rings. The van der Waals surface area contributed by atoms with Gasteiger partial charge in [-0.1, -0.05) is 6.08 Å². The predicted molar refractivity (Wildman–Crippen MR) is 32.3 cm³/mol. The van der Waals surface area contributed by atoms with Crippen molar-refractivity contribution in [2.24, 2.45) is 0 Å². The zero-order valence-corrected chi connectivity index (χ0v) is 4.68. The smallest absolute Gasteiger partial charge is 0.106 e. The highest BCUT2D eigenvalue weighted by molar-refractivity contribution is 5.10. The van der Waals surface area contributed by atoms with E-state index in [9.17, 15) is 0 Å². The molecular formula is C5H10N2O. The molecule has 0 atom stereocenters. The molecule has 0 aromatic heterocycles. The Morgan fingerprint density at radius 3 is 2.38 bits per heavy atom. The second-order valence-corrected chi connectivity index (χ2v) is 1.24. The van der Waals surface area contributed by atoms with Gasteiger partial charge in [0.15, 0.2) is 0 Å². The Morgan fingerprint density at radius 1 is 1.50 bits per heavy atom. The molecule has 1 rings (SSSR count). The van der Waals surface area contributed by atoms with Crippen LogP contribution in [0.2, 0.25) is 0 Å². The molecule has 3 heteroatoms. The first-order valence-electron chi connectivity index (χ1n) is 2.38. The molecule has 1 aliphatic heterocycles. The lowest BCUT2D eigenvalue weighted by atomic mass is 10.5. The fourth-order valence-electron chi connectivity index (χ4n) is 0.429. The summed E-state index contributed by atoms with van der Waals surface area (Å²) in [5.74, 6) is 0. The van der Waals surface area contributed by atoms with E-state index in [2.05, 4.69) is 10.6 Å². The van der Waals surface area contributed by atoms with Crippen LogP contribution in [0, 0.1) is 0 Å². The van der Waals surface area contributed by atoms with Gasteiger partial charge in [0.25, 0.3) is 0 Å². The van der Waals surface area contributed by atoms with E-state index in [0.29, 0.717) is 0 Å². The maximum Gasteiger partial charge on any atom is 0.106 e. The maximum atomic E-state index is 8.00. The van der Waals surface area contributed by atoms with E-state index >= 15 is 0 Å². The molecule has 0 spiro atoms. The minimum Gasteiger partial charge on any atom is -0.379 e. The van der Waals surface area contributed by atoms with Gasteiger partial charge in [-0.05, 0) is 6.20 Å². The summed E-state index contributed by atoms with van der Waals surface area (Å²) < 4.78 is 0. The first-order chi connectivity index (χ1) is 4.00. The highest BCUT2D eigenvalue weighted by Gasteiger charge is 1.81. The lowest BCUT2D eigenvalue weighted by Crippen LogP contribution is -2.29. The molecule has 0 aromatic rings. The van der Waals surface area contributed by atoms with E-state index in [0.717, 1.165) is 13.2 Å². The van der Waals surface area contributed by atoms with Crippen LogP contribution in [0.4, 0.5) is 0 Å². The van der Waals surface area contributed by atoms with Gasteiger partial charge in [0.05, 0.1) is 6.67 Å². The molecule has 0 saturated heterocycles. The number of carbonyl (C=O) groups is 1. The van der Waals surface area contributed by atoms with Gasteiger partial charge in [-0.25, -0.2) is 0 Å². The van der Waals surface area contributed by atoms with Gasteiger partial charge in [-0.15, -0.1) is 0 Å². The lowest BCUT2D eigenvalue weighted by Gasteiger charge is -2.05. The zero-order chi connectivity index (χ0) is 6.24. The van der Waals surface area contributed by atoms with E-state index in [1.165, 1.54) is 0 Å². The minimum atomic E-state index is 0.913. The lowest BCUT2D eigenvalue weighted by molar-refractivity contribution is -0.0979. The quantitative estimate of drug-likeness (QED) is 0.444. The topological polar surface area (TPSA) is 41.1 Å². The highest BCUT2D eigenvalue weighted by atomic mass is 16.1. The standard InChI is InChI=1S/C4H8N2.CH2O/c1-2-5-4-6-3-1;1-2/h1-2,5-6H,3-4H2;1H2. The van der Waals surface area contributed by atoms with Gasteiger partial charge in [-0.3, -0.25) is 5.32 Å². The van der Waals surface area contributed by atoms with Crippen molar-refractivity contribution >= 4 is 6.79 Å². The molecule has 0 unspecified atom stereocenters. The highest BCUT2D eigenvalue weighted by Crippen LogP contribution is 1.68. The van der Waals surface area contributed by atoms with Gasteiger partial charge in [0.1, 0.15) is 6.79 Å². The molecular weight excluding hydrogens is 104 g/mol. The van der Waals surface area contributed by atoms with E-state index in [1.54, 1.807) is 0 Å². The molecule has 0 bridgehead atoms. The van der Waals surface area contributed by atoms with Crippen LogP contribution in [0.5, 0.6) is 0 Å². The van der Waals surface area contributed by atoms with Gasteiger partial charge in [0, 0.05) is 6.54 Å². The van der Waals surface area contributed by atoms with Gasteiger partial charge >= 0.3 is 0 Å². The molecule has 8 heavy (non-hydrogen) atoms. The van der Waals surface area contributed by atoms with Gasteiger partial charge in [0.2, 0.25) is 0 Å². The van der Waals surface area contributed by atoms with Crippen LogP contribution in [0.3, 0.4) is 0 Å². The molecule has 0 radical (unpaired) electrons. The summed E-state index contributed by atoms with van der Waals surface area (Å²) in [4.78, 5) is 8.00. The fourth-order valence-corrected chi connectivity index (χ4v) is 0.429. The summed E-state index contributed by atoms with van der Waals surface area (Å²) in [6.07, 6.45) is 4.00. The summed E-state index contributed by atoms with van der Waals surface area (Å²) in [7, 11) is 0. The molecule has 0 aliphatic carbocycles. The molecule has 3 nitrogen and oxygen atoms in total. The van der Waals surface area contributed by atoms with Crippen molar-refractivity contribution in [3.8, 4) is 0 Å². The average molecular weight is 114 g/mol. The first kappa shape index (κ1) is 7.17. The monoisotopic (exact) mass is 114 g/mol. The largest absolute Gasteiger partial charge is 0.379 e. The minimum absolute atomic E-state index is 0.913. The Bertz CT molecular complexity index is 64.8. The van der Waals surface area contributed by atoms with Crippen molar-refractivity contribution in [2.75, 3.05) is 13.2 Å². The fraction of sp³-hybridized carbons (Fsp3) is 0.400. The van der Waals surface area contributed by atoms with Crippen molar-refractivity contribution in [3.05, 3.63) is 12.3 Å². The third-order valence-corrected chi connectivity index (χ3v) is 0.725. The SMILES string of the molecule is C1=CNCNC1.C=O. The third kappa shape index (κ3) is 3.36. The van der Waals surface area contributed by atoms with Crippen LogP contribution in [0.1, 0.15) is 0 Å². The number of rotatable bonds is 0. The van der Waals surface area contributed by atoms with E-state index in [4.69, 9.17) is 4.79 Å². The van der Waals surface area contributed by atoms with Gasteiger partial charge < -0.3 is 10.1 Å². The van der Waals surface area contributed by atoms with Crippen LogP contribution in [-0.4, -0.2) is 20.0 Å². The summed E-state index contributed by atoms with van der Waals surface area (Å²) in [6.45, 7) is 3.92. The van der Waals surface area contributed by atoms with Crippen molar-refractivity contribution in [3.63, 3.8) is 0 Å². The Hall–Kier alpha value is -0.830. The van der Waals surface area contributed by atoms with Crippen LogP contribution >= 0.6 is 0 Å². The van der Waals surface area contributed by atoms with E-state index in [-0.39, 0.29) is 0 Å². The average Bonchev–Trinajstić information content (AvgIpc) is 1.96. The summed E-state index contributed by atoms with van der Waals surface area (Å²) >= 11 is 0. The van der Waals surface area contributed by atoms with Gasteiger partial charge in [-0.2, -0.15) is 0 Å². The first-order valence-corrected chi connectivity index (χ1v) is 2.38. The molecule has 0 fully saturated rings. The zero-order valence-electron chi connectivity index (χ0n) is 4.68. The van der Waals surface area contributed by atoms with Crippen molar-refractivity contribution < 1.29 is 4.79 Å². The Balaban J connectivity index is 0.000000222. The second-order valence-electron chi connectivity index (χ2n) is 1.24. The summed E-state index contributed by atoms with van der Waals surface area (Å²) in [5.41, 5.74) is 0. The van der Waals surface area contributed by atoms with E-state index < -0.39 is 0 Å². The van der Waals surface area contributed by atoms with Crippen molar-refractivity contribution in [1.82, 2.24) is 10.6 Å². The van der Waals surface area contributed by atoms with E-state index in [1.807, 2.05) is 19.1 Å². The van der Waals surface area contributed by atoms with Crippen LogP contribution < -0.4 is 10.6 Å². The third-order valence-electron chi connectivity index (χ3n) is 0.725. The molecule has 0 amide bonds. The Morgan fingerprint density at radius 2 is 2.25 bits per heavy atom. The molecule has 1 heterocycles. The molecule has 0 saturated carbocycles. The number of nitrogens with one attached hydrogen (secondary N) is 2. The van der Waals surface area contributed by atoms with Crippen LogP contribution in [-0.2, 0) is 4.79 Å². The van der Waals surface area contributed by atoms with Crippen LogP contribution in [0.15, 0.2) is 12.3 Å². The maximum absolute atomic E-state index is 8.00. The Kier molecular flexibility index (Phi) is 5.53.